The molecule has 0 spiro atoms. The van der Waals surface area contributed by atoms with Crippen LogP contribution in [0.1, 0.15) is 40.0 Å². The van der Waals surface area contributed by atoms with Gasteiger partial charge in [-0.05, 0) is 32.1 Å². The van der Waals surface area contributed by atoms with Crippen LogP contribution < -0.4 is 10.6 Å². The fourth-order valence-corrected chi connectivity index (χ4v) is 1.89. The monoisotopic (exact) mass is 242 g/mol. The highest BCUT2D eigenvalue weighted by Gasteiger charge is 2.45. The average molecular weight is 242 g/mol. The SMILES string of the molecule is CC(C)CNC(=O)C(C)NC1(C(=O)O)CCC1. The second-order valence-electron chi connectivity index (χ2n) is 5.25. The molecule has 1 rings (SSSR count). The van der Waals surface area contributed by atoms with Crippen molar-refractivity contribution in [3.8, 4) is 0 Å². The molecule has 98 valence electrons. The number of amides is 1. The minimum atomic E-state index is -0.880. The molecular weight excluding hydrogens is 220 g/mol. The lowest BCUT2D eigenvalue weighted by Crippen LogP contribution is -2.62. The summed E-state index contributed by atoms with van der Waals surface area (Å²) in [6.45, 7) is 6.36. The average Bonchev–Trinajstić information content (AvgIpc) is 2.18. The van der Waals surface area contributed by atoms with Gasteiger partial charge >= 0.3 is 5.97 Å². The van der Waals surface area contributed by atoms with E-state index in [2.05, 4.69) is 10.6 Å². The van der Waals surface area contributed by atoms with Crippen molar-refractivity contribution < 1.29 is 14.7 Å². The van der Waals surface area contributed by atoms with Crippen molar-refractivity contribution >= 4 is 11.9 Å². The van der Waals surface area contributed by atoms with Gasteiger partial charge in [-0.1, -0.05) is 13.8 Å². The van der Waals surface area contributed by atoms with Gasteiger partial charge in [-0.3, -0.25) is 14.9 Å². The van der Waals surface area contributed by atoms with E-state index in [1.54, 1.807) is 6.92 Å². The Bertz CT molecular complexity index is 298. The molecule has 17 heavy (non-hydrogen) atoms. The number of carbonyl (C=O) groups is 2. The van der Waals surface area contributed by atoms with Gasteiger partial charge in [0.25, 0.3) is 0 Å². The second-order valence-corrected chi connectivity index (χ2v) is 5.25. The molecule has 1 amide bonds. The van der Waals surface area contributed by atoms with E-state index < -0.39 is 17.6 Å². The summed E-state index contributed by atoms with van der Waals surface area (Å²) in [5, 5.41) is 14.9. The van der Waals surface area contributed by atoms with Gasteiger partial charge in [0.2, 0.25) is 5.91 Å². The Morgan fingerprint density at radius 3 is 2.24 bits per heavy atom. The lowest BCUT2D eigenvalue weighted by molar-refractivity contribution is -0.149. The van der Waals surface area contributed by atoms with Gasteiger partial charge in [0.1, 0.15) is 5.54 Å². The first-order chi connectivity index (χ1) is 7.87. The van der Waals surface area contributed by atoms with Gasteiger partial charge in [-0.25, -0.2) is 0 Å². The first kappa shape index (κ1) is 14.0. The molecule has 0 radical (unpaired) electrons. The number of nitrogens with one attached hydrogen (secondary N) is 2. The van der Waals surface area contributed by atoms with Crippen molar-refractivity contribution in [2.24, 2.45) is 5.92 Å². The van der Waals surface area contributed by atoms with Crippen LogP contribution in [0, 0.1) is 5.92 Å². The minimum absolute atomic E-state index is 0.133. The Kier molecular flexibility index (Phi) is 4.51. The lowest BCUT2D eigenvalue weighted by atomic mass is 9.76. The molecule has 5 nitrogen and oxygen atoms in total. The van der Waals surface area contributed by atoms with Crippen LogP contribution in [0.2, 0.25) is 0 Å². The molecule has 0 aromatic rings. The Morgan fingerprint density at radius 2 is 1.88 bits per heavy atom. The van der Waals surface area contributed by atoms with Crippen molar-refractivity contribution in [2.75, 3.05) is 6.54 Å². The maximum Gasteiger partial charge on any atom is 0.323 e. The molecule has 0 aliphatic heterocycles. The van der Waals surface area contributed by atoms with Gasteiger partial charge in [0.15, 0.2) is 0 Å². The van der Waals surface area contributed by atoms with E-state index in [9.17, 15) is 9.59 Å². The van der Waals surface area contributed by atoms with Crippen molar-refractivity contribution in [1.29, 1.82) is 0 Å². The molecular formula is C12H22N2O3. The zero-order valence-corrected chi connectivity index (χ0v) is 10.7. The number of hydrogen-bond donors (Lipinski definition) is 3. The topological polar surface area (TPSA) is 78.4 Å². The summed E-state index contributed by atoms with van der Waals surface area (Å²) in [6.07, 6.45) is 2.11. The van der Waals surface area contributed by atoms with E-state index in [0.717, 1.165) is 6.42 Å². The molecule has 5 heteroatoms. The van der Waals surface area contributed by atoms with Crippen molar-refractivity contribution in [2.45, 2.75) is 51.6 Å². The van der Waals surface area contributed by atoms with Crippen LogP contribution in [0.15, 0.2) is 0 Å². The molecule has 0 aromatic heterocycles. The van der Waals surface area contributed by atoms with Gasteiger partial charge in [0.05, 0.1) is 6.04 Å². The number of carboxylic acids is 1. The van der Waals surface area contributed by atoms with Crippen molar-refractivity contribution in [1.82, 2.24) is 10.6 Å². The molecule has 1 aliphatic rings. The number of aliphatic carboxylic acids is 1. The third-order valence-corrected chi connectivity index (χ3v) is 3.19. The smallest absolute Gasteiger partial charge is 0.323 e. The predicted molar refractivity (Wildman–Crippen MR) is 64.7 cm³/mol. The van der Waals surface area contributed by atoms with Crippen LogP contribution in [0.25, 0.3) is 0 Å². The molecule has 1 saturated carbocycles. The summed E-state index contributed by atoms with van der Waals surface area (Å²) < 4.78 is 0. The summed E-state index contributed by atoms with van der Waals surface area (Å²) in [7, 11) is 0. The first-order valence-electron chi connectivity index (χ1n) is 6.16. The van der Waals surface area contributed by atoms with Crippen LogP contribution in [0.3, 0.4) is 0 Å². The Hall–Kier alpha value is -1.10. The van der Waals surface area contributed by atoms with Crippen molar-refractivity contribution in [3.63, 3.8) is 0 Å². The van der Waals surface area contributed by atoms with Crippen LogP contribution in [-0.2, 0) is 9.59 Å². The molecule has 0 saturated heterocycles. The maximum atomic E-state index is 11.7. The molecule has 1 fully saturated rings. The first-order valence-corrected chi connectivity index (χ1v) is 6.16. The van der Waals surface area contributed by atoms with Gasteiger partial charge in [0, 0.05) is 6.54 Å². The maximum absolute atomic E-state index is 11.7. The van der Waals surface area contributed by atoms with E-state index >= 15 is 0 Å². The lowest BCUT2D eigenvalue weighted by Gasteiger charge is -2.40. The summed E-state index contributed by atoms with van der Waals surface area (Å²) in [6, 6.07) is -0.467. The third kappa shape index (κ3) is 3.43. The summed E-state index contributed by atoms with van der Waals surface area (Å²) in [5.41, 5.74) is -0.880. The molecule has 3 N–H and O–H groups in total. The van der Waals surface area contributed by atoms with Gasteiger partial charge in [-0.15, -0.1) is 0 Å². The summed E-state index contributed by atoms with van der Waals surface area (Å²) in [4.78, 5) is 22.9. The highest BCUT2D eigenvalue weighted by Crippen LogP contribution is 2.32. The van der Waals surface area contributed by atoms with Crippen LogP contribution in [-0.4, -0.2) is 35.1 Å². The number of carbonyl (C=O) groups excluding carboxylic acids is 1. The summed E-state index contributed by atoms with van der Waals surface area (Å²) in [5.74, 6) is -0.596. The highest BCUT2D eigenvalue weighted by atomic mass is 16.4. The van der Waals surface area contributed by atoms with Gasteiger partial charge < -0.3 is 10.4 Å². The van der Waals surface area contributed by atoms with E-state index in [-0.39, 0.29) is 5.91 Å². The van der Waals surface area contributed by atoms with E-state index in [1.807, 2.05) is 13.8 Å². The molecule has 1 aliphatic carbocycles. The normalized spacial score (nSPS) is 19.5. The van der Waals surface area contributed by atoms with Crippen molar-refractivity contribution in [3.05, 3.63) is 0 Å². The Morgan fingerprint density at radius 1 is 1.29 bits per heavy atom. The fourth-order valence-electron chi connectivity index (χ4n) is 1.89. The Labute approximate surface area is 102 Å². The molecule has 0 bridgehead atoms. The number of carboxylic acid groups (broad SMARTS) is 1. The zero-order valence-electron chi connectivity index (χ0n) is 10.7. The second kappa shape index (κ2) is 5.49. The Balaban J connectivity index is 2.45. The minimum Gasteiger partial charge on any atom is -0.480 e. The van der Waals surface area contributed by atoms with E-state index in [4.69, 9.17) is 5.11 Å². The fraction of sp³-hybridized carbons (Fsp3) is 0.833. The standard InChI is InChI=1S/C12H22N2O3/c1-8(2)7-13-10(15)9(3)14-12(11(16)17)5-4-6-12/h8-9,14H,4-7H2,1-3H3,(H,13,15)(H,16,17). The van der Waals surface area contributed by atoms with E-state index in [0.29, 0.717) is 25.3 Å². The largest absolute Gasteiger partial charge is 0.480 e. The van der Waals surface area contributed by atoms with Crippen LogP contribution in [0.4, 0.5) is 0 Å². The highest BCUT2D eigenvalue weighted by molar-refractivity contribution is 5.84. The molecule has 1 unspecified atom stereocenters. The van der Waals surface area contributed by atoms with Crippen LogP contribution >= 0.6 is 0 Å². The van der Waals surface area contributed by atoms with Gasteiger partial charge in [-0.2, -0.15) is 0 Å². The molecule has 0 aromatic carbocycles. The van der Waals surface area contributed by atoms with E-state index in [1.165, 1.54) is 0 Å². The molecule has 0 heterocycles. The summed E-state index contributed by atoms with van der Waals surface area (Å²) >= 11 is 0. The predicted octanol–water partition coefficient (Wildman–Crippen LogP) is 0.744. The zero-order chi connectivity index (χ0) is 13.1. The van der Waals surface area contributed by atoms with Crippen LogP contribution in [0.5, 0.6) is 0 Å². The number of hydrogen-bond acceptors (Lipinski definition) is 3. The molecule has 1 atom stereocenters. The third-order valence-electron chi connectivity index (χ3n) is 3.19. The number of rotatable bonds is 6. The quantitative estimate of drug-likeness (QED) is 0.642.